The van der Waals surface area contributed by atoms with E-state index in [1.54, 1.807) is 11.3 Å². The number of quaternary nitrogens is 1. The number of allylic oxidation sites excluding steroid dienone is 1. The highest BCUT2D eigenvalue weighted by atomic mass is 32.2. The van der Waals surface area contributed by atoms with E-state index in [4.69, 9.17) is 0 Å². The van der Waals surface area contributed by atoms with Crippen LogP contribution in [0.4, 0.5) is 15.5 Å². The smallest absolute Gasteiger partial charge is 0.310 e. The summed E-state index contributed by atoms with van der Waals surface area (Å²) in [6.07, 6.45) is 0. The molecule has 0 fully saturated rings. The number of nitrogens with zero attached hydrogens (tertiary/aromatic N) is 2. The van der Waals surface area contributed by atoms with Crippen molar-refractivity contribution < 1.29 is 9.39 Å². The molecular weight excluding hydrogens is 424 g/mol. The number of rotatable bonds is 3. The van der Waals surface area contributed by atoms with Crippen molar-refractivity contribution in [1.82, 2.24) is 5.43 Å². The van der Waals surface area contributed by atoms with Crippen molar-refractivity contribution in [3.8, 4) is 0 Å². The van der Waals surface area contributed by atoms with Crippen LogP contribution >= 0.6 is 23.1 Å². The third kappa shape index (κ3) is 3.84. The van der Waals surface area contributed by atoms with Gasteiger partial charge in [0.15, 0.2) is 18.2 Å². The zero-order valence-electron chi connectivity index (χ0n) is 17.6. The average molecular weight is 450 g/mol. The second-order valence-electron chi connectivity index (χ2n) is 8.03. The van der Waals surface area contributed by atoms with Crippen molar-refractivity contribution in [2.75, 3.05) is 22.8 Å². The van der Waals surface area contributed by atoms with Crippen LogP contribution in [0.15, 0.2) is 70.9 Å². The first-order valence-electron chi connectivity index (χ1n) is 10.3. The van der Waals surface area contributed by atoms with Crippen molar-refractivity contribution in [1.29, 1.82) is 0 Å². The molecule has 2 aliphatic heterocycles. The zero-order valence-corrected chi connectivity index (χ0v) is 19.2. The molecule has 2 aliphatic rings. The molecule has 5 rings (SSSR count). The highest BCUT2D eigenvalue weighted by molar-refractivity contribution is 8.03. The fourth-order valence-electron chi connectivity index (χ4n) is 4.41. The Kier molecular flexibility index (Phi) is 5.25. The standard InChI is InChI=1S/C24H24N4OS2/c1-17-7-5-9-20(13-17)25-24(29)26-28-15-27(22-11-6-12-30-22)14-19-8-3-4-10-21(19)23(28)18(2)31-16-28/h3-13H,14-16H2,1-2H3,(H-,25,26,29)/p+1. The number of fused-ring (bicyclic) bond motifs is 3. The Morgan fingerprint density at radius 2 is 1.94 bits per heavy atom. The Balaban J connectivity index is 1.53. The monoisotopic (exact) mass is 449 g/mol. The van der Waals surface area contributed by atoms with Crippen molar-refractivity contribution in [2.45, 2.75) is 20.4 Å². The molecular formula is C24H25N4OS2+. The van der Waals surface area contributed by atoms with E-state index in [1.807, 2.05) is 43.0 Å². The summed E-state index contributed by atoms with van der Waals surface area (Å²) in [6, 6.07) is 20.5. The molecule has 2 amide bonds. The van der Waals surface area contributed by atoms with Crippen LogP contribution in [-0.2, 0) is 6.54 Å². The van der Waals surface area contributed by atoms with Gasteiger partial charge in [-0.1, -0.05) is 42.1 Å². The molecule has 158 valence electrons. The van der Waals surface area contributed by atoms with Gasteiger partial charge in [-0.05, 0) is 60.7 Å². The molecule has 3 heterocycles. The Bertz CT molecular complexity index is 1160. The molecule has 0 spiro atoms. The first-order valence-corrected chi connectivity index (χ1v) is 12.1. The Labute approximate surface area is 190 Å². The zero-order chi connectivity index (χ0) is 21.4. The first-order chi connectivity index (χ1) is 15.0. The minimum Gasteiger partial charge on any atom is -0.310 e. The lowest BCUT2D eigenvalue weighted by atomic mass is 10.0. The van der Waals surface area contributed by atoms with E-state index in [2.05, 4.69) is 64.3 Å². The van der Waals surface area contributed by atoms with E-state index in [0.29, 0.717) is 11.3 Å². The lowest BCUT2D eigenvalue weighted by Gasteiger charge is -2.36. The van der Waals surface area contributed by atoms with Gasteiger partial charge in [0.2, 0.25) is 0 Å². The number of benzene rings is 2. The molecule has 0 saturated heterocycles. The second-order valence-corrected chi connectivity index (χ2v) is 10.1. The predicted molar refractivity (Wildman–Crippen MR) is 130 cm³/mol. The number of hydrogen-bond acceptors (Lipinski definition) is 4. The van der Waals surface area contributed by atoms with Crippen LogP contribution in [0.3, 0.4) is 0 Å². The van der Waals surface area contributed by atoms with Crippen LogP contribution in [0.2, 0.25) is 0 Å². The van der Waals surface area contributed by atoms with E-state index >= 15 is 0 Å². The summed E-state index contributed by atoms with van der Waals surface area (Å²) in [4.78, 5) is 16.8. The summed E-state index contributed by atoms with van der Waals surface area (Å²) in [7, 11) is 0. The van der Waals surface area contributed by atoms with Gasteiger partial charge in [0.1, 0.15) is 0 Å². The summed E-state index contributed by atoms with van der Waals surface area (Å²) in [5.41, 5.74) is 8.96. The minimum atomic E-state index is -0.191. The Morgan fingerprint density at radius 1 is 1.06 bits per heavy atom. The third-order valence-electron chi connectivity index (χ3n) is 5.72. The molecule has 1 unspecified atom stereocenters. The van der Waals surface area contributed by atoms with Crippen molar-refractivity contribution >= 4 is 45.5 Å². The Hall–Kier alpha value is -2.74. The van der Waals surface area contributed by atoms with Crippen molar-refractivity contribution in [3.63, 3.8) is 0 Å². The highest BCUT2D eigenvalue weighted by Crippen LogP contribution is 2.46. The number of thiophene rings is 1. The molecule has 0 radical (unpaired) electrons. The number of carbonyl (C=O) groups is 1. The molecule has 0 bridgehead atoms. The topological polar surface area (TPSA) is 44.4 Å². The molecule has 2 aromatic carbocycles. The molecule has 5 nitrogen and oxygen atoms in total. The maximum Gasteiger partial charge on any atom is 0.363 e. The van der Waals surface area contributed by atoms with Crippen LogP contribution in [0.25, 0.3) is 5.70 Å². The number of urea groups is 1. The maximum atomic E-state index is 13.2. The highest BCUT2D eigenvalue weighted by Gasteiger charge is 2.47. The molecule has 7 heteroatoms. The summed E-state index contributed by atoms with van der Waals surface area (Å²) in [6.45, 7) is 5.68. The predicted octanol–water partition coefficient (Wildman–Crippen LogP) is 5.98. The van der Waals surface area contributed by atoms with Crippen molar-refractivity contribution in [2.24, 2.45) is 0 Å². The van der Waals surface area contributed by atoms with Crippen LogP contribution in [0.1, 0.15) is 23.6 Å². The van der Waals surface area contributed by atoms with Gasteiger partial charge in [-0.2, -0.15) is 10.0 Å². The van der Waals surface area contributed by atoms with E-state index in [0.717, 1.165) is 23.7 Å². The summed E-state index contributed by atoms with van der Waals surface area (Å²) >= 11 is 3.55. The number of nitrogens with one attached hydrogen (secondary N) is 2. The molecule has 0 saturated carbocycles. The number of anilines is 2. The fraction of sp³-hybridized carbons (Fsp3) is 0.208. The summed E-state index contributed by atoms with van der Waals surface area (Å²) in [5, 5.41) is 6.35. The first kappa shape index (κ1) is 20.2. The van der Waals surface area contributed by atoms with Gasteiger partial charge in [-0.25, -0.2) is 4.79 Å². The number of thioether (sulfide) groups is 1. The third-order valence-corrected chi connectivity index (χ3v) is 7.84. The molecule has 1 atom stereocenters. The van der Waals surface area contributed by atoms with Gasteiger partial charge in [0.25, 0.3) is 0 Å². The molecule has 2 N–H and O–H groups in total. The van der Waals surface area contributed by atoms with Crippen LogP contribution < -0.4 is 15.6 Å². The summed E-state index contributed by atoms with van der Waals surface area (Å²) in [5.74, 6) is 0.763. The number of aryl methyl sites for hydroxylation is 1. The number of hydrogen-bond donors (Lipinski definition) is 2. The van der Waals surface area contributed by atoms with Crippen LogP contribution in [0.5, 0.6) is 0 Å². The quantitative estimate of drug-likeness (QED) is 0.484. The fourth-order valence-corrected chi connectivity index (χ4v) is 6.24. The minimum absolute atomic E-state index is 0.191. The van der Waals surface area contributed by atoms with Gasteiger partial charge in [0, 0.05) is 17.8 Å². The van der Waals surface area contributed by atoms with Gasteiger partial charge in [0.05, 0.1) is 9.91 Å². The number of amides is 2. The summed E-state index contributed by atoms with van der Waals surface area (Å²) < 4.78 is 0.392. The molecule has 3 aromatic rings. The van der Waals surface area contributed by atoms with E-state index < -0.39 is 0 Å². The van der Waals surface area contributed by atoms with Gasteiger partial charge >= 0.3 is 6.03 Å². The van der Waals surface area contributed by atoms with Gasteiger partial charge < -0.3 is 10.2 Å². The normalized spacial score (nSPS) is 20.1. The molecule has 1 aromatic heterocycles. The number of carbonyl (C=O) groups excluding carboxylic acids is 1. The maximum absolute atomic E-state index is 13.2. The lowest BCUT2D eigenvalue weighted by molar-refractivity contribution is -0.879. The van der Waals surface area contributed by atoms with Gasteiger partial charge in [-0.3, -0.25) is 0 Å². The van der Waals surface area contributed by atoms with Crippen LogP contribution in [-0.4, -0.2) is 23.2 Å². The largest absolute Gasteiger partial charge is 0.363 e. The van der Waals surface area contributed by atoms with E-state index in [9.17, 15) is 4.79 Å². The van der Waals surface area contributed by atoms with Gasteiger partial charge in [-0.15, -0.1) is 11.3 Å². The lowest BCUT2D eigenvalue weighted by Crippen LogP contribution is -2.61. The average Bonchev–Trinajstić information content (AvgIpc) is 3.34. The second kappa shape index (κ2) is 8.07. The Morgan fingerprint density at radius 3 is 2.74 bits per heavy atom. The van der Waals surface area contributed by atoms with Crippen molar-refractivity contribution in [3.05, 3.63) is 87.6 Å². The van der Waals surface area contributed by atoms with E-state index in [-0.39, 0.29) is 6.03 Å². The SMILES string of the molecule is CC1=C2c3ccccc3CN(c3cccs3)C[N+]2(NC(=O)Nc2cccc(C)c2)CS1. The van der Waals surface area contributed by atoms with Crippen LogP contribution in [0, 0.1) is 6.92 Å². The van der Waals surface area contributed by atoms with E-state index in [1.165, 1.54) is 26.7 Å². The molecule has 31 heavy (non-hydrogen) atoms. The molecule has 0 aliphatic carbocycles.